The molecule has 4 heterocycles. The highest BCUT2D eigenvalue weighted by atomic mass is 31.2. The average Bonchev–Trinajstić information content (AvgIpc) is 3.85. The van der Waals surface area contributed by atoms with Crippen molar-refractivity contribution in [2.45, 2.75) is 153 Å². The SMILES string of the molecule is CCCCCCCCCCCCCCCCOC[C@@H](COP(=O)(O)OC[C@@]1(C#N)O[C@@H](c2ccc3c(N)ncnn23)[C@@H]2OC(C)(C)O[C@@H]21)OCc1ccccc1. The molecule has 15 heteroatoms. The van der Waals surface area contributed by atoms with Gasteiger partial charge in [-0.3, -0.25) is 9.05 Å². The molecule has 6 atom stereocenters. The number of hydrogen-bond donors (Lipinski definition) is 2. The largest absolute Gasteiger partial charge is 0.472 e. The number of anilines is 1. The third-order valence-electron chi connectivity index (χ3n) is 10.4. The second kappa shape index (κ2) is 21.7. The van der Waals surface area contributed by atoms with Gasteiger partial charge in [0.2, 0.25) is 5.60 Å². The van der Waals surface area contributed by atoms with Crippen molar-refractivity contribution >= 4 is 19.2 Å². The van der Waals surface area contributed by atoms with E-state index < -0.39 is 50.2 Å². The number of hydrogen-bond acceptors (Lipinski definition) is 12. The minimum absolute atomic E-state index is 0.168. The molecule has 0 saturated carbocycles. The highest BCUT2D eigenvalue weighted by Gasteiger charge is 2.65. The fraction of sp³-hybridized carbons (Fsp3) is 0.683. The molecule has 0 bridgehead atoms. The van der Waals surface area contributed by atoms with Crippen LogP contribution in [0, 0.1) is 11.3 Å². The molecular weight excluding hydrogens is 737 g/mol. The summed E-state index contributed by atoms with van der Waals surface area (Å²) in [5, 5.41) is 14.8. The first kappa shape index (κ1) is 44.1. The molecule has 1 unspecified atom stereocenters. The van der Waals surface area contributed by atoms with E-state index in [0.29, 0.717) is 17.8 Å². The number of aromatic nitrogens is 3. The van der Waals surface area contributed by atoms with Gasteiger partial charge in [0.15, 0.2) is 11.6 Å². The molecule has 5 rings (SSSR count). The Balaban J connectivity index is 1.08. The van der Waals surface area contributed by atoms with Crippen LogP contribution in [0.5, 0.6) is 0 Å². The Bertz CT molecular complexity index is 1710. The van der Waals surface area contributed by atoms with Crippen molar-refractivity contribution < 1.29 is 42.2 Å². The van der Waals surface area contributed by atoms with E-state index >= 15 is 0 Å². The lowest BCUT2D eigenvalue weighted by Crippen LogP contribution is -2.45. The summed E-state index contributed by atoms with van der Waals surface area (Å²) < 4.78 is 56.4. The Kier molecular flexibility index (Phi) is 17.1. The maximum Gasteiger partial charge on any atom is 0.472 e. The maximum atomic E-state index is 13.3. The van der Waals surface area contributed by atoms with Crippen LogP contribution in [0.4, 0.5) is 5.82 Å². The van der Waals surface area contributed by atoms with E-state index in [1.807, 2.05) is 30.3 Å². The zero-order valence-electron chi connectivity index (χ0n) is 33.4. The van der Waals surface area contributed by atoms with Crippen LogP contribution in [0.15, 0.2) is 48.8 Å². The van der Waals surface area contributed by atoms with Gasteiger partial charge >= 0.3 is 7.82 Å². The van der Waals surface area contributed by atoms with E-state index in [0.717, 1.165) is 18.4 Å². The second-order valence-electron chi connectivity index (χ2n) is 15.4. The molecule has 0 aliphatic carbocycles. The van der Waals surface area contributed by atoms with E-state index in [9.17, 15) is 14.7 Å². The number of unbranched alkanes of at least 4 members (excludes halogenated alkanes) is 13. The standard InChI is InChI=1S/C41H62N5O9P/c1-4-5-6-7-8-9-10-11-12-13-14-15-16-20-25-49-27-33(50-26-32-21-18-17-19-22-32)28-51-56(47,48)52-30-41(29-42)38-37(53-40(2,3)55-38)36(54-41)34-23-24-35-39(43)44-31-45-46(34)35/h17-19,21-24,31,33,36-38H,4-16,20,25-28,30H2,1-3H3,(H,47,48)(H2,43,44,45)/t33-,36-,37-,38-,41+/m0/s1. The minimum Gasteiger partial charge on any atom is -0.382 e. The second-order valence-corrected chi connectivity index (χ2v) is 16.8. The molecule has 3 N–H and O–H groups in total. The minimum atomic E-state index is -4.73. The van der Waals surface area contributed by atoms with Gasteiger partial charge in [0.1, 0.15) is 48.9 Å². The van der Waals surface area contributed by atoms with Crippen LogP contribution in [-0.4, -0.2) is 75.6 Å². The molecule has 2 aromatic heterocycles. The first-order chi connectivity index (χ1) is 27.1. The molecule has 1 aromatic carbocycles. The Labute approximate surface area is 331 Å². The predicted octanol–water partition coefficient (Wildman–Crippen LogP) is 8.38. The summed E-state index contributed by atoms with van der Waals surface area (Å²) >= 11 is 0. The molecule has 310 valence electrons. The fourth-order valence-corrected chi connectivity index (χ4v) is 8.11. The van der Waals surface area contributed by atoms with Crippen molar-refractivity contribution in [1.82, 2.24) is 14.6 Å². The Morgan fingerprint density at radius 1 is 0.911 bits per heavy atom. The van der Waals surface area contributed by atoms with Crippen molar-refractivity contribution in [3.05, 3.63) is 60.0 Å². The van der Waals surface area contributed by atoms with Gasteiger partial charge in [-0.2, -0.15) is 10.4 Å². The maximum absolute atomic E-state index is 13.3. The van der Waals surface area contributed by atoms with E-state index in [1.54, 1.807) is 30.5 Å². The van der Waals surface area contributed by atoms with Gasteiger partial charge in [-0.15, -0.1) is 0 Å². The number of rotatable bonds is 27. The van der Waals surface area contributed by atoms with Gasteiger partial charge in [0.25, 0.3) is 0 Å². The van der Waals surface area contributed by atoms with Crippen LogP contribution in [0.2, 0.25) is 0 Å². The predicted molar refractivity (Wildman–Crippen MR) is 211 cm³/mol. The first-order valence-electron chi connectivity index (χ1n) is 20.4. The Hall–Kier alpha value is -2.96. The molecule has 0 radical (unpaired) electrons. The number of nitriles is 1. The summed E-state index contributed by atoms with van der Waals surface area (Å²) in [7, 11) is -4.73. The Morgan fingerprint density at radius 2 is 1.57 bits per heavy atom. The van der Waals surface area contributed by atoms with Gasteiger partial charge in [-0.05, 0) is 38.0 Å². The summed E-state index contributed by atoms with van der Waals surface area (Å²) in [4.78, 5) is 14.9. The van der Waals surface area contributed by atoms with Crippen LogP contribution in [0.1, 0.15) is 128 Å². The van der Waals surface area contributed by atoms with E-state index in [2.05, 4.69) is 23.1 Å². The number of benzene rings is 1. The highest BCUT2D eigenvalue weighted by molar-refractivity contribution is 7.47. The number of ether oxygens (including phenoxy) is 5. The molecule has 2 aliphatic heterocycles. The molecule has 2 aliphatic rings. The van der Waals surface area contributed by atoms with Gasteiger partial charge in [0, 0.05) is 6.61 Å². The molecule has 0 amide bonds. The molecule has 2 fully saturated rings. The first-order valence-corrected chi connectivity index (χ1v) is 21.9. The van der Waals surface area contributed by atoms with Crippen molar-refractivity contribution in [1.29, 1.82) is 5.26 Å². The van der Waals surface area contributed by atoms with Gasteiger partial charge in [0.05, 0.1) is 25.5 Å². The van der Waals surface area contributed by atoms with Crippen molar-refractivity contribution in [2.24, 2.45) is 0 Å². The number of nitrogens with two attached hydrogens (primary N) is 1. The topological polar surface area (TPSA) is 182 Å². The van der Waals surface area contributed by atoms with Crippen molar-refractivity contribution in [3.8, 4) is 6.07 Å². The molecular formula is C41H62N5O9P. The average molecular weight is 800 g/mol. The van der Waals surface area contributed by atoms with E-state index in [1.165, 1.54) is 83.4 Å². The number of fused-ring (bicyclic) bond motifs is 2. The zero-order valence-corrected chi connectivity index (χ0v) is 34.3. The van der Waals surface area contributed by atoms with E-state index in [4.69, 9.17) is 38.5 Å². The molecule has 3 aromatic rings. The number of phosphoric acid groups is 1. The highest BCUT2D eigenvalue weighted by Crippen LogP contribution is 2.52. The number of nitrogens with zero attached hydrogens (tertiary/aromatic N) is 4. The van der Waals surface area contributed by atoms with Crippen molar-refractivity contribution in [2.75, 3.05) is 32.2 Å². The molecule has 56 heavy (non-hydrogen) atoms. The summed E-state index contributed by atoms with van der Waals surface area (Å²) in [5.41, 5.74) is 6.25. The molecule has 0 spiro atoms. The summed E-state index contributed by atoms with van der Waals surface area (Å²) in [6, 6.07) is 15.3. The fourth-order valence-electron chi connectivity index (χ4n) is 7.33. The van der Waals surface area contributed by atoms with Crippen LogP contribution in [0.25, 0.3) is 5.52 Å². The van der Waals surface area contributed by atoms with E-state index in [-0.39, 0.29) is 25.6 Å². The van der Waals surface area contributed by atoms with Crippen LogP contribution >= 0.6 is 7.82 Å². The number of phosphoric ester groups is 1. The molecule has 14 nitrogen and oxygen atoms in total. The normalized spacial score (nSPS) is 23.2. The van der Waals surface area contributed by atoms with Gasteiger partial charge < -0.3 is 34.3 Å². The van der Waals surface area contributed by atoms with Crippen LogP contribution in [-0.2, 0) is 43.9 Å². The monoisotopic (exact) mass is 799 g/mol. The smallest absolute Gasteiger partial charge is 0.382 e. The zero-order chi connectivity index (χ0) is 39.9. The number of nitrogen functional groups attached to an aromatic ring is 1. The summed E-state index contributed by atoms with van der Waals surface area (Å²) in [6.07, 6.45) is 16.0. The third kappa shape index (κ3) is 12.8. The lowest BCUT2D eigenvalue weighted by Gasteiger charge is -2.29. The summed E-state index contributed by atoms with van der Waals surface area (Å²) in [5.74, 6) is -0.806. The van der Waals surface area contributed by atoms with Gasteiger partial charge in [-0.25, -0.2) is 14.1 Å². The van der Waals surface area contributed by atoms with Crippen molar-refractivity contribution in [3.63, 3.8) is 0 Å². The van der Waals surface area contributed by atoms with Gasteiger partial charge in [-0.1, -0.05) is 121 Å². The third-order valence-corrected chi connectivity index (χ3v) is 11.3. The lowest BCUT2D eigenvalue weighted by atomic mass is 9.96. The quantitative estimate of drug-likeness (QED) is 0.0555. The van der Waals surface area contributed by atoms with Crippen LogP contribution < -0.4 is 5.73 Å². The summed E-state index contributed by atoms with van der Waals surface area (Å²) in [6.45, 7) is 5.77. The lowest BCUT2D eigenvalue weighted by molar-refractivity contribution is -0.204. The molecule has 2 saturated heterocycles. The van der Waals surface area contributed by atoms with Crippen LogP contribution in [0.3, 0.4) is 0 Å². The Morgan fingerprint density at radius 3 is 2.23 bits per heavy atom.